The van der Waals surface area contributed by atoms with E-state index in [2.05, 4.69) is 35.9 Å². The normalized spacial score (nSPS) is 19.2. The molecule has 0 aromatic carbocycles. The SMILES string of the molecule is CC#CN1CCC(N(C)C)CC1. The zero-order chi connectivity index (χ0) is 8.97. The zero-order valence-electron chi connectivity index (χ0n) is 8.30. The lowest BCUT2D eigenvalue weighted by molar-refractivity contribution is 0.185. The first kappa shape index (κ1) is 9.41. The molecule has 1 saturated heterocycles. The molecule has 0 unspecified atom stereocenters. The minimum atomic E-state index is 0.764. The maximum absolute atomic E-state index is 3.11. The maximum atomic E-state index is 3.11. The van der Waals surface area contributed by atoms with Crippen molar-refractivity contribution < 1.29 is 0 Å². The molecule has 0 atom stereocenters. The minimum Gasteiger partial charge on any atom is -0.333 e. The highest BCUT2D eigenvalue weighted by Crippen LogP contribution is 2.12. The van der Waals surface area contributed by atoms with Crippen LogP contribution in [0.3, 0.4) is 0 Å². The third-order valence-corrected chi connectivity index (χ3v) is 2.46. The summed E-state index contributed by atoms with van der Waals surface area (Å²) in [5, 5.41) is 0. The van der Waals surface area contributed by atoms with Gasteiger partial charge in [0.25, 0.3) is 0 Å². The number of likely N-dealkylation sites (tertiary alicyclic amines) is 1. The standard InChI is InChI=1S/C10H18N2/c1-4-7-12-8-5-10(6-9-12)11(2)3/h10H,5-6,8-9H2,1-3H3. The van der Waals surface area contributed by atoms with Gasteiger partial charge >= 0.3 is 0 Å². The molecule has 0 N–H and O–H groups in total. The maximum Gasteiger partial charge on any atom is 0.0275 e. The fourth-order valence-electron chi connectivity index (χ4n) is 1.65. The van der Waals surface area contributed by atoms with Gasteiger partial charge in [0.15, 0.2) is 0 Å². The van der Waals surface area contributed by atoms with E-state index in [1.54, 1.807) is 0 Å². The van der Waals surface area contributed by atoms with Crippen LogP contribution in [0.2, 0.25) is 0 Å². The van der Waals surface area contributed by atoms with Crippen molar-refractivity contribution >= 4 is 0 Å². The molecule has 1 aliphatic rings. The summed E-state index contributed by atoms with van der Waals surface area (Å²) < 4.78 is 0. The summed E-state index contributed by atoms with van der Waals surface area (Å²) in [7, 11) is 4.32. The molecule has 2 nitrogen and oxygen atoms in total. The van der Waals surface area contributed by atoms with Gasteiger partial charge in [0, 0.05) is 25.2 Å². The van der Waals surface area contributed by atoms with Crippen molar-refractivity contribution in [2.45, 2.75) is 25.8 Å². The van der Waals surface area contributed by atoms with Crippen molar-refractivity contribution in [1.29, 1.82) is 0 Å². The first-order valence-electron chi connectivity index (χ1n) is 4.58. The summed E-state index contributed by atoms with van der Waals surface area (Å²) in [5.41, 5.74) is 0. The summed E-state index contributed by atoms with van der Waals surface area (Å²) in [6.07, 6.45) is 2.50. The Morgan fingerprint density at radius 2 is 1.83 bits per heavy atom. The lowest BCUT2D eigenvalue weighted by Crippen LogP contribution is -2.39. The van der Waals surface area contributed by atoms with E-state index in [0.717, 1.165) is 19.1 Å². The summed E-state index contributed by atoms with van der Waals surface area (Å²) in [4.78, 5) is 4.54. The van der Waals surface area contributed by atoms with Crippen LogP contribution in [0.4, 0.5) is 0 Å². The first-order chi connectivity index (χ1) is 5.74. The van der Waals surface area contributed by atoms with E-state index in [4.69, 9.17) is 0 Å². The molecule has 1 aliphatic heterocycles. The van der Waals surface area contributed by atoms with Gasteiger partial charge in [-0.05, 0) is 33.9 Å². The van der Waals surface area contributed by atoms with Gasteiger partial charge in [-0.3, -0.25) is 0 Å². The third kappa shape index (κ3) is 2.42. The summed E-state index contributed by atoms with van der Waals surface area (Å²) >= 11 is 0. The van der Waals surface area contributed by atoms with Crippen molar-refractivity contribution in [3.63, 3.8) is 0 Å². The Labute approximate surface area is 75.5 Å². The molecule has 2 heteroatoms. The number of hydrogen-bond acceptors (Lipinski definition) is 2. The molecule has 0 aromatic rings. The van der Waals surface area contributed by atoms with Crippen LogP contribution >= 0.6 is 0 Å². The Morgan fingerprint density at radius 3 is 2.25 bits per heavy atom. The van der Waals surface area contributed by atoms with Crippen LogP contribution in [0.1, 0.15) is 19.8 Å². The van der Waals surface area contributed by atoms with E-state index in [9.17, 15) is 0 Å². The molecule has 1 heterocycles. The van der Waals surface area contributed by atoms with Gasteiger partial charge in [-0.2, -0.15) is 0 Å². The minimum absolute atomic E-state index is 0.764. The molecule has 0 spiro atoms. The fourth-order valence-corrected chi connectivity index (χ4v) is 1.65. The highest BCUT2D eigenvalue weighted by atomic mass is 15.2. The average molecular weight is 166 g/mol. The summed E-state index contributed by atoms with van der Waals surface area (Å²) in [6.45, 7) is 4.16. The highest BCUT2D eigenvalue weighted by Gasteiger charge is 2.18. The Kier molecular flexibility index (Phi) is 3.43. The molecular weight excluding hydrogens is 148 g/mol. The molecule has 0 radical (unpaired) electrons. The van der Waals surface area contributed by atoms with E-state index in [-0.39, 0.29) is 0 Å². The Balaban J connectivity index is 2.33. The second kappa shape index (κ2) is 4.37. The van der Waals surface area contributed by atoms with Crippen LogP contribution in [-0.4, -0.2) is 43.0 Å². The molecule has 1 fully saturated rings. The molecule has 0 amide bonds. The Bertz CT molecular complexity index is 180. The monoisotopic (exact) mass is 166 g/mol. The molecule has 0 saturated carbocycles. The van der Waals surface area contributed by atoms with Gasteiger partial charge in [-0.1, -0.05) is 5.92 Å². The molecule has 0 aliphatic carbocycles. The second-order valence-electron chi connectivity index (χ2n) is 3.54. The largest absolute Gasteiger partial charge is 0.333 e. The summed E-state index contributed by atoms with van der Waals surface area (Å²) in [5.74, 6) is 2.94. The molecular formula is C10H18N2. The van der Waals surface area contributed by atoms with Crippen LogP contribution in [0, 0.1) is 12.0 Å². The summed E-state index contributed by atoms with van der Waals surface area (Å²) in [6, 6.07) is 3.87. The van der Waals surface area contributed by atoms with E-state index >= 15 is 0 Å². The van der Waals surface area contributed by atoms with Crippen LogP contribution in [0.15, 0.2) is 0 Å². The number of piperidine rings is 1. The third-order valence-electron chi connectivity index (χ3n) is 2.46. The van der Waals surface area contributed by atoms with Crippen molar-refractivity contribution in [1.82, 2.24) is 9.80 Å². The van der Waals surface area contributed by atoms with E-state index in [1.165, 1.54) is 12.8 Å². The van der Waals surface area contributed by atoms with Crippen molar-refractivity contribution in [2.75, 3.05) is 27.2 Å². The Morgan fingerprint density at radius 1 is 1.25 bits per heavy atom. The predicted molar refractivity (Wildman–Crippen MR) is 51.7 cm³/mol. The predicted octanol–water partition coefficient (Wildman–Crippen LogP) is 0.993. The molecule has 0 aromatic heterocycles. The number of rotatable bonds is 1. The van der Waals surface area contributed by atoms with Crippen LogP contribution < -0.4 is 0 Å². The average Bonchev–Trinajstić information content (AvgIpc) is 2.06. The zero-order valence-corrected chi connectivity index (χ0v) is 8.30. The molecule has 0 bridgehead atoms. The number of nitrogens with zero attached hydrogens (tertiary/aromatic N) is 2. The highest BCUT2D eigenvalue weighted by molar-refractivity contribution is 4.97. The Hall–Kier alpha value is -0.680. The van der Waals surface area contributed by atoms with Crippen LogP contribution in [-0.2, 0) is 0 Å². The lowest BCUT2D eigenvalue weighted by Gasteiger charge is -2.33. The van der Waals surface area contributed by atoms with Crippen molar-refractivity contribution in [3.8, 4) is 12.0 Å². The van der Waals surface area contributed by atoms with Gasteiger partial charge in [0.1, 0.15) is 0 Å². The van der Waals surface area contributed by atoms with Gasteiger partial charge < -0.3 is 9.80 Å². The van der Waals surface area contributed by atoms with Crippen LogP contribution in [0.5, 0.6) is 0 Å². The first-order valence-corrected chi connectivity index (χ1v) is 4.58. The molecule has 68 valence electrons. The van der Waals surface area contributed by atoms with Gasteiger partial charge in [-0.25, -0.2) is 0 Å². The number of hydrogen-bond donors (Lipinski definition) is 0. The van der Waals surface area contributed by atoms with Crippen molar-refractivity contribution in [2.24, 2.45) is 0 Å². The topological polar surface area (TPSA) is 6.48 Å². The van der Waals surface area contributed by atoms with Gasteiger partial charge in [-0.15, -0.1) is 0 Å². The van der Waals surface area contributed by atoms with Crippen LogP contribution in [0.25, 0.3) is 0 Å². The second-order valence-corrected chi connectivity index (χ2v) is 3.54. The quantitative estimate of drug-likeness (QED) is 0.536. The fraction of sp³-hybridized carbons (Fsp3) is 0.800. The van der Waals surface area contributed by atoms with E-state index in [0.29, 0.717) is 0 Å². The van der Waals surface area contributed by atoms with Crippen molar-refractivity contribution in [3.05, 3.63) is 0 Å². The van der Waals surface area contributed by atoms with Gasteiger partial charge in [0.2, 0.25) is 0 Å². The smallest absolute Gasteiger partial charge is 0.0275 e. The lowest BCUT2D eigenvalue weighted by atomic mass is 10.0. The molecule has 12 heavy (non-hydrogen) atoms. The molecule has 1 rings (SSSR count). The van der Waals surface area contributed by atoms with E-state index in [1.807, 2.05) is 6.92 Å². The van der Waals surface area contributed by atoms with E-state index < -0.39 is 0 Å². The van der Waals surface area contributed by atoms with Gasteiger partial charge in [0.05, 0.1) is 0 Å².